The first-order valence-electron chi connectivity index (χ1n) is 12.9. The molecule has 0 spiro atoms. The molecule has 0 radical (unpaired) electrons. The van der Waals surface area contributed by atoms with Crippen LogP contribution in [0.3, 0.4) is 0 Å². The molecule has 5 aromatic carbocycles. The van der Waals surface area contributed by atoms with E-state index >= 15 is 0 Å². The highest BCUT2D eigenvalue weighted by atomic mass is 19.4. The third kappa shape index (κ3) is 4.63. The summed E-state index contributed by atoms with van der Waals surface area (Å²) in [5, 5.41) is 2.78. The van der Waals surface area contributed by atoms with Crippen molar-refractivity contribution in [3.63, 3.8) is 0 Å². The van der Waals surface area contributed by atoms with Crippen molar-refractivity contribution in [3.8, 4) is 22.3 Å². The molecule has 0 amide bonds. The normalized spacial score (nSPS) is 12.5. The minimum Gasteiger partial charge on any atom is -0.166 e. The molecule has 0 aromatic heterocycles. The Morgan fingerprint density at radius 2 is 0.650 bits per heavy atom. The topological polar surface area (TPSA) is 0 Å². The van der Waals surface area contributed by atoms with Gasteiger partial charge in [-0.25, -0.2) is 0 Å². The number of alkyl halides is 6. The Hall–Kier alpha value is -3.80. The molecular weight excluding hydrogens is 522 g/mol. The molecule has 0 heterocycles. The van der Waals surface area contributed by atoms with Crippen molar-refractivity contribution >= 4 is 21.5 Å². The summed E-state index contributed by atoms with van der Waals surface area (Å²) >= 11 is 0. The van der Waals surface area contributed by atoms with E-state index < -0.39 is 23.5 Å². The van der Waals surface area contributed by atoms with Gasteiger partial charge in [-0.1, -0.05) is 48.5 Å². The van der Waals surface area contributed by atoms with Crippen molar-refractivity contribution in [1.29, 1.82) is 0 Å². The van der Waals surface area contributed by atoms with Gasteiger partial charge in [-0.2, -0.15) is 26.3 Å². The van der Waals surface area contributed by atoms with Crippen LogP contribution in [-0.2, 0) is 12.4 Å². The Bertz CT molecular complexity index is 1620. The van der Waals surface area contributed by atoms with E-state index in [0.29, 0.717) is 43.8 Å². The smallest absolute Gasteiger partial charge is 0.166 e. The summed E-state index contributed by atoms with van der Waals surface area (Å²) in [6.07, 6.45) is -9.05. The highest BCUT2D eigenvalue weighted by Crippen LogP contribution is 2.47. The molecule has 0 fully saturated rings. The zero-order valence-electron chi connectivity index (χ0n) is 23.0. The number of halogens is 6. The van der Waals surface area contributed by atoms with Crippen LogP contribution < -0.4 is 0 Å². The van der Waals surface area contributed by atoms with Crippen LogP contribution in [0, 0.1) is 41.5 Å². The lowest BCUT2D eigenvalue weighted by Crippen LogP contribution is -2.08. The van der Waals surface area contributed by atoms with E-state index in [0.717, 1.165) is 22.3 Å². The van der Waals surface area contributed by atoms with E-state index in [2.05, 4.69) is 0 Å². The highest BCUT2D eigenvalue weighted by Gasteiger charge is 2.34. The second kappa shape index (κ2) is 9.39. The van der Waals surface area contributed by atoms with Crippen LogP contribution in [0.1, 0.15) is 44.5 Å². The molecule has 206 valence electrons. The van der Waals surface area contributed by atoms with Gasteiger partial charge in [0.1, 0.15) is 0 Å². The molecule has 6 heteroatoms. The summed E-state index contributed by atoms with van der Waals surface area (Å²) in [4.78, 5) is 0. The van der Waals surface area contributed by atoms with Gasteiger partial charge in [0.15, 0.2) is 0 Å². The number of hydrogen-bond donors (Lipinski definition) is 0. The summed E-state index contributed by atoms with van der Waals surface area (Å²) in [6, 6.07) is 16.4. The Labute approximate surface area is 229 Å². The standard InChI is InChI=1S/C34H28F6/c1-17-7-9-23(15-29(17)33(35,36)37)31-25-11-19(3)21(5)13-27(25)32(28-14-22(6)20(4)12-26(28)31)24-10-8-18(2)30(16-24)34(38,39)40/h7-16H,1-6H3. The van der Waals surface area contributed by atoms with Gasteiger partial charge in [0, 0.05) is 0 Å². The molecule has 5 rings (SSSR count). The average Bonchev–Trinajstić information content (AvgIpc) is 2.84. The predicted molar refractivity (Wildman–Crippen MR) is 151 cm³/mol. The molecule has 0 atom stereocenters. The van der Waals surface area contributed by atoms with Crippen LogP contribution in [0.25, 0.3) is 43.8 Å². The Morgan fingerprint density at radius 1 is 0.375 bits per heavy atom. The van der Waals surface area contributed by atoms with Gasteiger partial charge in [-0.15, -0.1) is 0 Å². The van der Waals surface area contributed by atoms with Crippen molar-refractivity contribution in [2.24, 2.45) is 0 Å². The lowest BCUT2D eigenvalue weighted by atomic mass is 9.82. The average molecular weight is 551 g/mol. The minimum atomic E-state index is -4.53. The van der Waals surface area contributed by atoms with Crippen LogP contribution in [0.15, 0.2) is 60.7 Å². The molecule has 0 N–H and O–H groups in total. The molecule has 0 saturated carbocycles. The van der Waals surface area contributed by atoms with Crippen molar-refractivity contribution in [2.45, 2.75) is 53.9 Å². The fourth-order valence-corrected chi connectivity index (χ4v) is 5.54. The highest BCUT2D eigenvalue weighted by molar-refractivity contribution is 6.22. The van der Waals surface area contributed by atoms with Gasteiger partial charge in [0.05, 0.1) is 11.1 Å². The largest absolute Gasteiger partial charge is 0.416 e. The second-order valence-corrected chi connectivity index (χ2v) is 10.8. The van der Waals surface area contributed by atoms with Gasteiger partial charge < -0.3 is 0 Å². The number of aryl methyl sites for hydroxylation is 6. The number of fused-ring (bicyclic) bond motifs is 2. The number of rotatable bonds is 2. The van der Waals surface area contributed by atoms with Gasteiger partial charge >= 0.3 is 12.4 Å². The van der Waals surface area contributed by atoms with E-state index in [-0.39, 0.29) is 11.1 Å². The molecule has 0 bridgehead atoms. The Balaban J connectivity index is 2.02. The lowest BCUT2D eigenvalue weighted by molar-refractivity contribution is -0.138. The van der Waals surface area contributed by atoms with E-state index in [1.54, 1.807) is 12.1 Å². The predicted octanol–water partition coefficient (Wildman–Crippen LogP) is 11.2. The SMILES string of the molecule is Cc1cc2c(-c3ccc(C)c(C(F)(F)F)c3)c3cc(C)c(C)cc3c(-c3ccc(C)c(C(F)(F)F)c3)c2cc1C. The lowest BCUT2D eigenvalue weighted by Gasteiger charge is -2.22. The maximum absolute atomic E-state index is 14.0. The first-order chi connectivity index (χ1) is 18.6. The van der Waals surface area contributed by atoms with E-state index in [1.807, 2.05) is 52.0 Å². The van der Waals surface area contributed by atoms with Crippen LogP contribution in [0.5, 0.6) is 0 Å². The summed E-state index contributed by atoms with van der Waals surface area (Å²) in [5.74, 6) is 0. The molecule has 0 unspecified atom stereocenters. The number of hydrogen-bond acceptors (Lipinski definition) is 0. The van der Waals surface area contributed by atoms with E-state index in [1.165, 1.54) is 38.1 Å². The van der Waals surface area contributed by atoms with Crippen molar-refractivity contribution in [3.05, 3.63) is 105 Å². The molecule has 5 aromatic rings. The van der Waals surface area contributed by atoms with Gasteiger partial charge in [0.25, 0.3) is 0 Å². The molecule has 0 aliphatic carbocycles. The third-order valence-electron chi connectivity index (χ3n) is 8.01. The third-order valence-corrected chi connectivity index (χ3v) is 8.01. The quantitative estimate of drug-likeness (QED) is 0.151. The van der Waals surface area contributed by atoms with E-state index in [9.17, 15) is 26.3 Å². The zero-order chi connectivity index (χ0) is 29.3. The maximum atomic E-state index is 14.0. The summed E-state index contributed by atoms with van der Waals surface area (Å²) in [6.45, 7) is 10.6. The van der Waals surface area contributed by atoms with Crippen LogP contribution in [0.2, 0.25) is 0 Å². The van der Waals surface area contributed by atoms with E-state index in [4.69, 9.17) is 0 Å². The first-order valence-corrected chi connectivity index (χ1v) is 12.9. The van der Waals surface area contributed by atoms with Crippen LogP contribution >= 0.6 is 0 Å². The monoisotopic (exact) mass is 550 g/mol. The molecule has 40 heavy (non-hydrogen) atoms. The molecule has 0 saturated heterocycles. The second-order valence-electron chi connectivity index (χ2n) is 10.8. The summed E-state index contributed by atoms with van der Waals surface area (Å²) in [5.41, 5.74) is 4.65. The fourth-order valence-electron chi connectivity index (χ4n) is 5.54. The Morgan fingerprint density at radius 3 is 0.900 bits per heavy atom. The van der Waals surface area contributed by atoms with Crippen LogP contribution in [0.4, 0.5) is 26.3 Å². The van der Waals surface area contributed by atoms with Gasteiger partial charge in [0.2, 0.25) is 0 Å². The van der Waals surface area contributed by atoms with Gasteiger partial charge in [-0.05, 0) is 131 Å². The molecule has 0 nitrogen and oxygen atoms in total. The molecule has 0 aliphatic rings. The van der Waals surface area contributed by atoms with Crippen molar-refractivity contribution in [2.75, 3.05) is 0 Å². The minimum absolute atomic E-state index is 0.125. The number of benzene rings is 5. The van der Waals surface area contributed by atoms with Crippen molar-refractivity contribution in [1.82, 2.24) is 0 Å². The molecule has 0 aliphatic heterocycles. The Kier molecular flexibility index (Phi) is 6.52. The molecular formula is C34H28F6. The summed E-state index contributed by atoms with van der Waals surface area (Å²) < 4.78 is 83.8. The zero-order valence-corrected chi connectivity index (χ0v) is 23.0. The maximum Gasteiger partial charge on any atom is 0.416 e. The van der Waals surface area contributed by atoms with Crippen LogP contribution in [-0.4, -0.2) is 0 Å². The van der Waals surface area contributed by atoms with Crippen molar-refractivity contribution < 1.29 is 26.3 Å². The fraction of sp³-hybridized carbons (Fsp3) is 0.235. The van der Waals surface area contributed by atoms with Gasteiger partial charge in [-0.3, -0.25) is 0 Å². The summed E-state index contributed by atoms with van der Waals surface area (Å²) in [7, 11) is 0. The first kappa shape index (κ1) is 27.8.